The zero-order chi connectivity index (χ0) is 7.44. The molecule has 0 saturated heterocycles. The number of hydrogen-bond acceptors (Lipinski definition) is 3. The van der Waals surface area contributed by atoms with Crippen LogP contribution in [0.25, 0.3) is 0 Å². The molecule has 0 unspecified atom stereocenters. The van der Waals surface area contributed by atoms with Crippen LogP contribution in [0.2, 0.25) is 0 Å². The third-order valence-electron chi connectivity index (χ3n) is 0.931. The summed E-state index contributed by atoms with van der Waals surface area (Å²) < 4.78 is 0. The maximum absolute atomic E-state index is 10.1. The van der Waals surface area contributed by atoms with E-state index in [-0.39, 0.29) is 0 Å². The van der Waals surface area contributed by atoms with Crippen LogP contribution in [-0.4, -0.2) is 17.1 Å². The lowest BCUT2D eigenvalue weighted by molar-refractivity contribution is -0.140. The second kappa shape index (κ2) is 3.05. The van der Waals surface area contributed by atoms with Gasteiger partial charge in [0.25, 0.3) is 0 Å². The predicted octanol–water partition coefficient (Wildman–Crippen LogP) is -0.442. The highest BCUT2D eigenvalue weighted by molar-refractivity contribution is 5.73. The number of carbonyl (C=O) groups is 1. The minimum atomic E-state index is -1.16. The number of hydrogen-bond donors (Lipinski definition) is 2. The van der Waals surface area contributed by atoms with Crippen LogP contribution < -0.4 is 5.73 Å². The monoisotopic (exact) mass is 128 g/mol. The lowest BCUT2D eigenvalue weighted by Gasteiger charge is -2.05. The Morgan fingerprint density at radius 2 is 2.33 bits per heavy atom. The minimum Gasteiger partial charge on any atom is -0.480 e. The molecule has 0 fully saturated rings. The fourth-order valence-electron chi connectivity index (χ4n) is 0.398. The van der Waals surface area contributed by atoms with E-state index in [1.165, 1.54) is 6.92 Å². The van der Waals surface area contributed by atoms with Crippen LogP contribution in [0.3, 0.4) is 0 Å². The Balaban J connectivity index is 4.04. The molecule has 0 saturated carbocycles. The number of carboxylic acids is 1. The van der Waals surface area contributed by atoms with Crippen LogP contribution in [-0.2, 0) is 4.79 Å². The third kappa shape index (κ3) is 2.11. The van der Waals surface area contributed by atoms with Gasteiger partial charge in [0.05, 0.1) is 6.07 Å². The van der Waals surface area contributed by atoms with E-state index in [1.807, 2.05) is 0 Å². The number of nitrogens with zero attached hydrogens (tertiary/aromatic N) is 1. The van der Waals surface area contributed by atoms with Crippen molar-refractivity contribution in [1.29, 1.82) is 5.26 Å². The van der Waals surface area contributed by atoms with Gasteiger partial charge >= 0.3 is 5.97 Å². The summed E-state index contributed by atoms with van der Waals surface area (Å²) in [4.78, 5) is 10.1. The topological polar surface area (TPSA) is 87.1 Å². The average molecular weight is 128 g/mol. The van der Waals surface area contributed by atoms with Crippen LogP contribution >= 0.6 is 0 Å². The van der Waals surface area contributed by atoms with Crippen molar-refractivity contribution in [2.75, 3.05) is 0 Å². The van der Waals surface area contributed by atoms with E-state index in [0.29, 0.717) is 0 Å². The Hall–Kier alpha value is -1.08. The smallest absolute Gasteiger partial charge is 0.322 e. The van der Waals surface area contributed by atoms with Gasteiger partial charge in [0.2, 0.25) is 0 Å². The maximum Gasteiger partial charge on any atom is 0.322 e. The quantitative estimate of drug-likeness (QED) is 0.527. The summed E-state index contributed by atoms with van der Waals surface area (Å²) in [7, 11) is 0. The van der Waals surface area contributed by atoms with Crippen LogP contribution in [0.4, 0.5) is 0 Å². The summed E-state index contributed by atoms with van der Waals surface area (Å²) >= 11 is 0. The number of rotatable bonds is 2. The average Bonchev–Trinajstić information content (AvgIpc) is 1.64. The summed E-state index contributed by atoms with van der Waals surface area (Å²) in [5.74, 6) is -2.24. The van der Waals surface area contributed by atoms with Crippen molar-refractivity contribution in [3.8, 4) is 6.07 Å². The highest BCUT2D eigenvalue weighted by Crippen LogP contribution is 1.97. The molecule has 0 aliphatic rings. The molecule has 3 N–H and O–H groups in total. The highest BCUT2D eigenvalue weighted by atomic mass is 16.4. The van der Waals surface area contributed by atoms with E-state index in [2.05, 4.69) is 0 Å². The lowest BCUT2D eigenvalue weighted by Crippen LogP contribution is -2.31. The molecule has 50 valence electrons. The Kier molecular flexibility index (Phi) is 2.68. The summed E-state index contributed by atoms with van der Waals surface area (Å²) in [6.45, 7) is 1.49. The van der Waals surface area contributed by atoms with Crippen molar-refractivity contribution < 1.29 is 9.90 Å². The van der Waals surface area contributed by atoms with E-state index >= 15 is 0 Å². The molecular weight excluding hydrogens is 120 g/mol. The van der Waals surface area contributed by atoms with Gasteiger partial charge in [0.15, 0.2) is 5.92 Å². The van der Waals surface area contributed by atoms with Crippen LogP contribution in [0.15, 0.2) is 0 Å². The SMILES string of the molecule is C[C@H](N)[C@H](C#N)C(=O)O. The standard InChI is InChI=1S/C5H8N2O2/c1-3(7)4(2-6)5(8)9/h3-4H,7H2,1H3,(H,8,9)/t3-,4-/m0/s1. The van der Waals surface area contributed by atoms with Crippen molar-refractivity contribution in [1.82, 2.24) is 0 Å². The molecule has 4 heteroatoms. The number of carboxylic acid groups (broad SMARTS) is 1. The van der Waals surface area contributed by atoms with Gasteiger partial charge in [-0.15, -0.1) is 0 Å². The van der Waals surface area contributed by atoms with Crippen LogP contribution in [0, 0.1) is 17.2 Å². The van der Waals surface area contributed by atoms with E-state index in [1.54, 1.807) is 6.07 Å². The van der Waals surface area contributed by atoms with Gasteiger partial charge < -0.3 is 10.8 Å². The first-order chi connectivity index (χ1) is 4.09. The van der Waals surface area contributed by atoms with Gasteiger partial charge in [-0.2, -0.15) is 5.26 Å². The van der Waals surface area contributed by atoms with Crippen molar-refractivity contribution in [3.63, 3.8) is 0 Å². The molecule has 0 aromatic rings. The van der Waals surface area contributed by atoms with Gasteiger partial charge in [-0.25, -0.2) is 0 Å². The zero-order valence-electron chi connectivity index (χ0n) is 5.03. The molecule has 0 amide bonds. The van der Waals surface area contributed by atoms with Crippen molar-refractivity contribution in [2.24, 2.45) is 11.7 Å². The third-order valence-corrected chi connectivity index (χ3v) is 0.931. The lowest BCUT2D eigenvalue weighted by atomic mass is 10.1. The largest absolute Gasteiger partial charge is 0.480 e. The Bertz CT molecular complexity index is 148. The minimum absolute atomic E-state index is 0.604. The first-order valence-electron chi connectivity index (χ1n) is 2.47. The second-order valence-corrected chi connectivity index (χ2v) is 1.80. The number of nitrogens with two attached hydrogens (primary N) is 1. The molecular formula is C5H8N2O2. The zero-order valence-corrected chi connectivity index (χ0v) is 5.03. The predicted molar refractivity (Wildman–Crippen MR) is 30.4 cm³/mol. The first-order valence-corrected chi connectivity index (χ1v) is 2.47. The van der Waals surface area contributed by atoms with Gasteiger partial charge in [0, 0.05) is 6.04 Å². The normalized spacial score (nSPS) is 15.7. The second-order valence-electron chi connectivity index (χ2n) is 1.80. The maximum atomic E-state index is 10.1. The van der Waals surface area contributed by atoms with Gasteiger partial charge in [-0.05, 0) is 6.92 Å². The fraction of sp³-hybridized carbons (Fsp3) is 0.600. The van der Waals surface area contributed by atoms with Crippen LogP contribution in [0.5, 0.6) is 0 Å². The molecule has 0 rings (SSSR count). The molecule has 0 aliphatic heterocycles. The van der Waals surface area contributed by atoms with E-state index < -0.39 is 17.9 Å². The number of nitriles is 1. The molecule has 0 bridgehead atoms. The molecule has 0 spiro atoms. The van der Waals surface area contributed by atoms with E-state index in [4.69, 9.17) is 16.1 Å². The molecule has 2 atom stereocenters. The summed E-state index contributed by atoms with van der Waals surface area (Å²) in [5.41, 5.74) is 5.14. The molecule has 0 heterocycles. The molecule has 0 radical (unpaired) electrons. The molecule has 9 heavy (non-hydrogen) atoms. The summed E-state index contributed by atoms with van der Waals surface area (Å²) in [5, 5.41) is 16.4. The van der Waals surface area contributed by atoms with E-state index in [9.17, 15) is 4.79 Å². The van der Waals surface area contributed by atoms with Gasteiger partial charge in [-0.1, -0.05) is 0 Å². The fourth-order valence-corrected chi connectivity index (χ4v) is 0.398. The molecule has 4 nitrogen and oxygen atoms in total. The van der Waals surface area contributed by atoms with Crippen molar-refractivity contribution in [3.05, 3.63) is 0 Å². The van der Waals surface area contributed by atoms with Crippen molar-refractivity contribution in [2.45, 2.75) is 13.0 Å². The first kappa shape index (κ1) is 7.92. The van der Waals surface area contributed by atoms with Crippen LogP contribution in [0.1, 0.15) is 6.92 Å². The van der Waals surface area contributed by atoms with Crippen molar-refractivity contribution >= 4 is 5.97 Å². The Morgan fingerprint density at radius 1 is 1.89 bits per heavy atom. The Labute approximate surface area is 52.9 Å². The molecule has 0 aromatic carbocycles. The van der Waals surface area contributed by atoms with Gasteiger partial charge in [-0.3, -0.25) is 4.79 Å². The van der Waals surface area contributed by atoms with Gasteiger partial charge in [0.1, 0.15) is 0 Å². The highest BCUT2D eigenvalue weighted by Gasteiger charge is 2.20. The Morgan fingerprint density at radius 3 is 2.33 bits per heavy atom. The molecule has 0 aromatic heterocycles. The summed E-state index contributed by atoms with van der Waals surface area (Å²) in [6.07, 6.45) is 0. The molecule has 0 aliphatic carbocycles. The summed E-state index contributed by atoms with van der Waals surface area (Å²) in [6, 6.07) is 0.972. The number of aliphatic carboxylic acids is 1. The van der Waals surface area contributed by atoms with E-state index in [0.717, 1.165) is 0 Å².